The van der Waals surface area contributed by atoms with Crippen LogP contribution in [0, 0.1) is 5.92 Å². The molecule has 2 aliphatic rings. The van der Waals surface area contributed by atoms with Gasteiger partial charge in [-0.25, -0.2) is 0 Å². The summed E-state index contributed by atoms with van der Waals surface area (Å²) in [6.07, 6.45) is 8.01. The van der Waals surface area contributed by atoms with Crippen LogP contribution in [-0.4, -0.2) is 24.7 Å². The van der Waals surface area contributed by atoms with Crippen LogP contribution in [-0.2, 0) is 9.53 Å². The normalized spacial score (nSPS) is 34.8. The van der Waals surface area contributed by atoms with Crippen molar-refractivity contribution in [1.29, 1.82) is 0 Å². The number of nitrogens with one attached hydrogen (secondary N) is 1. The van der Waals surface area contributed by atoms with E-state index >= 15 is 0 Å². The van der Waals surface area contributed by atoms with Crippen molar-refractivity contribution < 1.29 is 9.53 Å². The van der Waals surface area contributed by atoms with Crippen molar-refractivity contribution in [2.24, 2.45) is 5.92 Å². The van der Waals surface area contributed by atoms with Crippen LogP contribution in [0.4, 0.5) is 0 Å². The molecule has 0 amide bonds. The van der Waals surface area contributed by atoms with E-state index in [1.807, 2.05) is 0 Å². The summed E-state index contributed by atoms with van der Waals surface area (Å²) in [5.41, 5.74) is -0.372. The SMILES string of the molecule is CCC1CCCCC1(NC1CC1)C(=O)OC. The third kappa shape index (κ3) is 2.10. The summed E-state index contributed by atoms with van der Waals surface area (Å²) in [7, 11) is 1.51. The maximum absolute atomic E-state index is 12.1. The van der Waals surface area contributed by atoms with Gasteiger partial charge in [-0.15, -0.1) is 0 Å². The predicted octanol–water partition coefficient (Wildman–Crippen LogP) is 2.25. The third-order valence-electron chi connectivity index (χ3n) is 4.15. The van der Waals surface area contributed by atoms with Crippen molar-refractivity contribution in [2.45, 2.75) is 63.5 Å². The molecule has 0 aromatic rings. The Balaban J connectivity index is 2.17. The number of esters is 1. The molecule has 92 valence electrons. The number of carbonyl (C=O) groups excluding carboxylic acids is 1. The van der Waals surface area contributed by atoms with Crippen molar-refractivity contribution in [2.75, 3.05) is 7.11 Å². The minimum absolute atomic E-state index is 0.0362. The van der Waals surface area contributed by atoms with Gasteiger partial charge in [-0.2, -0.15) is 0 Å². The Morgan fingerprint density at radius 2 is 2.12 bits per heavy atom. The Morgan fingerprint density at radius 1 is 1.38 bits per heavy atom. The zero-order valence-electron chi connectivity index (χ0n) is 10.4. The first-order valence-electron chi connectivity index (χ1n) is 6.59. The number of carbonyl (C=O) groups is 1. The largest absolute Gasteiger partial charge is 0.468 e. The topological polar surface area (TPSA) is 38.3 Å². The number of rotatable bonds is 4. The van der Waals surface area contributed by atoms with E-state index in [2.05, 4.69) is 12.2 Å². The molecule has 3 nitrogen and oxygen atoms in total. The Kier molecular flexibility index (Phi) is 3.53. The van der Waals surface area contributed by atoms with Crippen molar-refractivity contribution in [1.82, 2.24) is 5.32 Å². The molecule has 3 heteroatoms. The lowest BCUT2D eigenvalue weighted by Gasteiger charge is -2.42. The fraction of sp³-hybridized carbons (Fsp3) is 0.923. The van der Waals surface area contributed by atoms with Crippen LogP contribution in [0.15, 0.2) is 0 Å². The van der Waals surface area contributed by atoms with Gasteiger partial charge in [0.15, 0.2) is 0 Å². The number of ether oxygens (including phenoxy) is 1. The Hall–Kier alpha value is -0.570. The fourth-order valence-electron chi connectivity index (χ4n) is 3.09. The van der Waals surface area contributed by atoms with Crippen molar-refractivity contribution in [3.05, 3.63) is 0 Å². The third-order valence-corrected chi connectivity index (χ3v) is 4.15. The summed E-state index contributed by atoms with van der Waals surface area (Å²) < 4.78 is 5.05. The minimum atomic E-state index is -0.372. The van der Waals surface area contributed by atoms with E-state index in [9.17, 15) is 4.79 Å². The van der Waals surface area contributed by atoms with E-state index in [1.54, 1.807) is 0 Å². The molecule has 2 fully saturated rings. The van der Waals surface area contributed by atoms with Gasteiger partial charge in [-0.05, 0) is 31.6 Å². The average molecular weight is 225 g/mol. The number of hydrogen-bond donors (Lipinski definition) is 1. The molecule has 0 radical (unpaired) electrons. The lowest BCUT2D eigenvalue weighted by molar-refractivity contribution is -0.153. The van der Waals surface area contributed by atoms with Gasteiger partial charge in [-0.1, -0.05) is 26.2 Å². The molecule has 16 heavy (non-hydrogen) atoms. The molecule has 2 saturated carbocycles. The van der Waals surface area contributed by atoms with Crippen LogP contribution in [0.1, 0.15) is 51.9 Å². The van der Waals surface area contributed by atoms with Gasteiger partial charge in [0.25, 0.3) is 0 Å². The second-order valence-corrected chi connectivity index (χ2v) is 5.23. The van der Waals surface area contributed by atoms with Crippen LogP contribution in [0.25, 0.3) is 0 Å². The van der Waals surface area contributed by atoms with Crippen LogP contribution >= 0.6 is 0 Å². The molecule has 2 rings (SSSR count). The molecule has 2 aliphatic carbocycles. The molecule has 0 saturated heterocycles. The molecular formula is C13H23NO2. The van der Waals surface area contributed by atoms with E-state index in [-0.39, 0.29) is 11.5 Å². The monoisotopic (exact) mass is 225 g/mol. The first kappa shape index (κ1) is 11.9. The average Bonchev–Trinajstić information content (AvgIpc) is 3.12. The standard InChI is InChI=1S/C13H23NO2/c1-3-10-6-4-5-9-13(10,12(15)16-2)14-11-7-8-11/h10-11,14H,3-9H2,1-2H3. The molecular weight excluding hydrogens is 202 g/mol. The molecule has 0 spiro atoms. The van der Waals surface area contributed by atoms with Crippen molar-refractivity contribution >= 4 is 5.97 Å². The molecule has 0 aromatic heterocycles. The molecule has 0 bridgehead atoms. The Bertz CT molecular complexity index is 263. The van der Waals surface area contributed by atoms with E-state index in [4.69, 9.17) is 4.74 Å². The van der Waals surface area contributed by atoms with Crippen LogP contribution in [0.2, 0.25) is 0 Å². The highest BCUT2D eigenvalue weighted by Crippen LogP contribution is 2.39. The van der Waals surface area contributed by atoms with E-state index in [0.717, 1.165) is 25.7 Å². The van der Waals surface area contributed by atoms with Gasteiger partial charge in [-0.3, -0.25) is 10.1 Å². The second-order valence-electron chi connectivity index (χ2n) is 5.23. The first-order valence-corrected chi connectivity index (χ1v) is 6.59. The summed E-state index contributed by atoms with van der Waals surface area (Å²) in [6.45, 7) is 2.18. The van der Waals surface area contributed by atoms with Gasteiger partial charge in [0, 0.05) is 6.04 Å². The molecule has 2 atom stereocenters. The molecule has 1 N–H and O–H groups in total. The van der Waals surface area contributed by atoms with E-state index in [1.165, 1.54) is 26.4 Å². The molecule has 2 unspecified atom stereocenters. The highest BCUT2D eigenvalue weighted by Gasteiger charge is 2.49. The van der Waals surface area contributed by atoms with Gasteiger partial charge in [0.2, 0.25) is 0 Å². The van der Waals surface area contributed by atoms with Crippen LogP contribution in [0.3, 0.4) is 0 Å². The highest BCUT2D eigenvalue weighted by atomic mass is 16.5. The number of hydrogen-bond acceptors (Lipinski definition) is 3. The predicted molar refractivity (Wildman–Crippen MR) is 63.2 cm³/mol. The van der Waals surface area contributed by atoms with Crippen LogP contribution in [0.5, 0.6) is 0 Å². The van der Waals surface area contributed by atoms with Crippen LogP contribution < -0.4 is 5.32 Å². The summed E-state index contributed by atoms with van der Waals surface area (Å²) in [5, 5.41) is 3.58. The smallest absolute Gasteiger partial charge is 0.326 e. The van der Waals surface area contributed by atoms with Crippen molar-refractivity contribution in [3.8, 4) is 0 Å². The lowest BCUT2D eigenvalue weighted by atomic mass is 9.71. The van der Waals surface area contributed by atoms with Gasteiger partial charge in [0.1, 0.15) is 5.54 Å². The van der Waals surface area contributed by atoms with Gasteiger partial charge in [0.05, 0.1) is 7.11 Å². The quantitative estimate of drug-likeness (QED) is 0.746. The summed E-state index contributed by atoms with van der Waals surface area (Å²) in [4.78, 5) is 12.1. The zero-order valence-corrected chi connectivity index (χ0v) is 10.4. The van der Waals surface area contributed by atoms with E-state index < -0.39 is 0 Å². The fourth-order valence-corrected chi connectivity index (χ4v) is 3.09. The number of methoxy groups -OCH3 is 1. The lowest BCUT2D eigenvalue weighted by Crippen LogP contribution is -2.60. The Morgan fingerprint density at radius 3 is 2.69 bits per heavy atom. The molecule has 0 aromatic carbocycles. The summed E-state index contributed by atoms with van der Waals surface area (Å²) in [6, 6.07) is 0.561. The second kappa shape index (κ2) is 4.74. The highest BCUT2D eigenvalue weighted by molar-refractivity contribution is 5.81. The van der Waals surface area contributed by atoms with Gasteiger partial charge < -0.3 is 4.74 Å². The maximum Gasteiger partial charge on any atom is 0.326 e. The zero-order chi connectivity index (χ0) is 11.6. The maximum atomic E-state index is 12.1. The van der Waals surface area contributed by atoms with Crippen molar-refractivity contribution in [3.63, 3.8) is 0 Å². The summed E-state index contributed by atoms with van der Waals surface area (Å²) in [5.74, 6) is 0.417. The molecule has 0 aliphatic heterocycles. The molecule has 0 heterocycles. The Labute approximate surface area is 97.9 Å². The van der Waals surface area contributed by atoms with Gasteiger partial charge >= 0.3 is 5.97 Å². The van der Waals surface area contributed by atoms with E-state index in [0.29, 0.717) is 12.0 Å². The minimum Gasteiger partial charge on any atom is -0.468 e. The first-order chi connectivity index (χ1) is 7.73. The summed E-state index contributed by atoms with van der Waals surface area (Å²) >= 11 is 0.